The molecule has 0 radical (unpaired) electrons. The van der Waals surface area contributed by atoms with E-state index in [-0.39, 0.29) is 24.0 Å². The van der Waals surface area contributed by atoms with Crippen molar-refractivity contribution in [3.63, 3.8) is 0 Å². The van der Waals surface area contributed by atoms with Crippen molar-refractivity contribution >= 4 is 16.9 Å². The Morgan fingerprint density at radius 3 is 2.56 bits per heavy atom. The first kappa shape index (κ1) is 16.8. The molecule has 128 valence electrons. The summed E-state index contributed by atoms with van der Waals surface area (Å²) in [5.74, 6) is 0.418. The first-order chi connectivity index (χ1) is 12.2. The van der Waals surface area contributed by atoms with Crippen LogP contribution in [0.4, 0.5) is 0 Å². The second kappa shape index (κ2) is 7.21. The summed E-state index contributed by atoms with van der Waals surface area (Å²) in [4.78, 5) is 25.0. The summed E-state index contributed by atoms with van der Waals surface area (Å²) in [5.41, 5.74) is 1.10. The molecule has 0 bridgehead atoms. The van der Waals surface area contributed by atoms with Crippen molar-refractivity contribution in [1.29, 1.82) is 0 Å². The molecule has 1 heterocycles. The minimum Gasteiger partial charge on any atom is -0.496 e. The first-order valence-electron chi connectivity index (χ1n) is 7.99. The summed E-state index contributed by atoms with van der Waals surface area (Å²) >= 11 is 0. The molecule has 0 N–H and O–H groups in total. The number of esters is 1. The van der Waals surface area contributed by atoms with Gasteiger partial charge in [-0.05, 0) is 31.2 Å². The van der Waals surface area contributed by atoms with E-state index in [1.165, 1.54) is 0 Å². The lowest BCUT2D eigenvalue weighted by Gasteiger charge is -2.12. The van der Waals surface area contributed by atoms with Crippen LogP contribution in [0.25, 0.3) is 22.3 Å². The minimum atomic E-state index is -0.471. The summed E-state index contributed by atoms with van der Waals surface area (Å²) in [6, 6.07) is 14.2. The number of methoxy groups -OCH3 is 1. The van der Waals surface area contributed by atoms with Crippen molar-refractivity contribution in [1.82, 2.24) is 0 Å². The van der Waals surface area contributed by atoms with Gasteiger partial charge in [0.15, 0.2) is 5.43 Å². The van der Waals surface area contributed by atoms with Crippen LogP contribution < -0.4 is 10.2 Å². The predicted octanol–water partition coefficient (Wildman–Crippen LogP) is 3.57. The Balaban J connectivity index is 2.28. The summed E-state index contributed by atoms with van der Waals surface area (Å²) in [6.45, 7) is 1.98. The highest BCUT2D eigenvalue weighted by atomic mass is 16.5. The topological polar surface area (TPSA) is 65.7 Å². The average molecular weight is 338 g/mol. The molecule has 0 amide bonds. The predicted molar refractivity (Wildman–Crippen MR) is 94.8 cm³/mol. The molecule has 0 unspecified atom stereocenters. The summed E-state index contributed by atoms with van der Waals surface area (Å²) in [6.07, 6.45) is -0.158. The van der Waals surface area contributed by atoms with E-state index >= 15 is 0 Å². The lowest BCUT2D eigenvalue weighted by molar-refractivity contribution is -0.142. The molecule has 0 aliphatic carbocycles. The first-order valence-corrected chi connectivity index (χ1v) is 7.99. The largest absolute Gasteiger partial charge is 0.496 e. The van der Waals surface area contributed by atoms with Gasteiger partial charge in [0.1, 0.15) is 17.1 Å². The van der Waals surface area contributed by atoms with Crippen LogP contribution in [-0.2, 0) is 16.0 Å². The molecule has 0 saturated heterocycles. The number of benzene rings is 2. The molecular weight excluding hydrogens is 320 g/mol. The van der Waals surface area contributed by atoms with E-state index < -0.39 is 5.97 Å². The Labute approximate surface area is 144 Å². The molecule has 0 saturated carbocycles. The number of hydrogen-bond donors (Lipinski definition) is 0. The molecule has 1 aromatic heterocycles. The van der Waals surface area contributed by atoms with Crippen molar-refractivity contribution < 1.29 is 18.7 Å². The number of fused-ring (bicyclic) bond motifs is 1. The van der Waals surface area contributed by atoms with E-state index in [9.17, 15) is 9.59 Å². The number of hydrogen-bond acceptors (Lipinski definition) is 5. The number of rotatable bonds is 5. The van der Waals surface area contributed by atoms with Crippen LogP contribution in [0.2, 0.25) is 0 Å². The van der Waals surface area contributed by atoms with Gasteiger partial charge in [0, 0.05) is 0 Å². The number of ether oxygens (including phenoxy) is 2. The van der Waals surface area contributed by atoms with Crippen LogP contribution in [0.15, 0.2) is 57.7 Å². The van der Waals surface area contributed by atoms with Crippen LogP contribution in [0, 0.1) is 0 Å². The molecule has 3 rings (SSSR count). The van der Waals surface area contributed by atoms with Gasteiger partial charge in [0.2, 0.25) is 0 Å². The smallest absolute Gasteiger partial charge is 0.310 e. The van der Waals surface area contributed by atoms with Crippen molar-refractivity contribution in [2.24, 2.45) is 0 Å². The zero-order chi connectivity index (χ0) is 17.8. The molecule has 5 nitrogen and oxygen atoms in total. The minimum absolute atomic E-state index is 0.158. The van der Waals surface area contributed by atoms with Gasteiger partial charge in [-0.15, -0.1) is 0 Å². The van der Waals surface area contributed by atoms with Gasteiger partial charge in [-0.3, -0.25) is 9.59 Å². The molecule has 0 aliphatic heterocycles. The van der Waals surface area contributed by atoms with Crippen molar-refractivity contribution in [3.8, 4) is 17.1 Å². The molecule has 0 aliphatic rings. The van der Waals surface area contributed by atoms with Crippen molar-refractivity contribution in [3.05, 3.63) is 64.3 Å². The maximum Gasteiger partial charge on any atom is 0.310 e. The molecule has 3 aromatic rings. The highest BCUT2D eigenvalue weighted by molar-refractivity contribution is 5.84. The van der Waals surface area contributed by atoms with E-state index in [1.54, 1.807) is 50.4 Å². The van der Waals surface area contributed by atoms with E-state index in [2.05, 4.69) is 0 Å². The highest BCUT2D eigenvalue weighted by Crippen LogP contribution is 2.33. The lowest BCUT2D eigenvalue weighted by atomic mass is 10.0. The quantitative estimate of drug-likeness (QED) is 0.665. The molecule has 0 atom stereocenters. The SMILES string of the molecule is CCOC(=O)Cc1c(-c2ccccc2OC)oc2ccccc2c1=O. The van der Waals surface area contributed by atoms with Gasteiger partial charge in [-0.25, -0.2) is 0 Å². The molecule has 0 fully saturated rings. The zero-order valence-corrected chi connectivity index (χ0v) is 14.1. The summed E-state index contributed by atoms with van der Waals surface area (Å²) < 4.78 is 16.4. The lowest BCUT2D eigenvalue weighted by Crippen LogP contribution is -2.17. The van der Waals surface area contributed by atoms with E-state index in [4.69, 9.17) is 13.9 Å². The molecule has 5 heteroatoms. The fraction of sp³-hybridized carbons (Fsp3) is 0.200. The maximum absolute atomic E-state index is 13.0. The molecule has 25 heavy (non-hydrogen) atoms. The van der Waals surface area contributed by atoms with E-state index in [1.807, 2.05) is 12.1 Å². The average Bonchev–Trinajstić information content (AvgIpc) is 2.64. The number of carbonyl (C=O) groups is 1. The molecular formula is C20H18O5. The van der Waals surface area contributed by atoms with E-state index in [0.717, 1.165) is 0 Å². The standard InChI is InChI=1S/C20H18O5/c1-3-24-18(21)12-15-19(22)13-8-4-7-11-17(13)25-20(15)14-9-5-6-10-16(14)23-2/h4-11H,3,12H2,1-2H3. The van der Waals surface area contributed by atoms with Gasteiger partial charge in [-0.2, -0.15) is 0 Å². The second-order valence-corrected chi connectivity index (χ2v) is 5.42. The van der Waals surface area contributed by atoms with Crippen LogP contribution in [0.1, 0.15) is 12.5 Å². The van der Waals surface area contributed by atoms with Gasteiger partial charge < -0.3 is 13.9 Å². The third-order valence-electron chi connectivity index (χ3n) is 3.87. The van der Waals surface area contributed by atoms with Gasteiger partial charge in [-0.1, -0.05) is 24.3 Å². The summed E-state index contributed by atoms with van der Waals surface area (Å²) in [5, 5.41) is 0.431. The molecule has 2 aromatic carbocycles. The monoisotopic (exact) mass is 338 g/mol. The van der Waals surface area contributed by atoms with Gasteiger partial charge in [0.25, 0.3) is 0 Å². The zero-order valence-electron chi connectivity index (χ0n) is 14.1. The maximum atomic E-state index is 13.0. The van der Waals surface area contributed by atoms with Crippen LogP contribution in [0.3, 0.4) is 0 Å². The van der Waals surface area contributed by atoms with Crippen molar-refractivity contribution in [2.45, 2.75) is 13.3 Å². The normalized spacial score (nSPS) is 10.6. The van der Waals surface area contributed by atoms with E-state index in [0.29, 0.717) is 28.0 Å². The summed E-state index contributed by atoms with van der Waals surface area (Å²) in [7, 11) is 1.54. The number of carbonyl (C=O) groups excluding carboxylic acids is 1. The van der Waals surface area contributed by atoms with Gasteiger partial charge in [0.05, 0.1) is 36.7 Å². The Bertz CT molecular complexity index is 971. The van der Waals surface area contributed by atoms with Gasteiger partial charge >= 0.3 is 5.97 Å². The van der Waals surface area contributed by atoms with Crippen LogP contribution in [-0.4, -0.2) is 19.7 Å². The fourth-order valence-electron chi connectivity index (χ4n) is 2.75. The Hall–Kier alpha value is -3.08. The Morgan fingerprint density at radius 1 is 1.08 bits per heavy atom. The fourth-order valence-corrected chi connectivity index (χ4v) is 2.75. The van der Waals surface area contributed by atoms with Crippen LogP contribution in [0.5, 0.6) is 5.75 Å². The third kappa shape index (κ3) is 3.26. The van der Waals surface area contributed by atoms with Crippen molar-refractivity contribution in [2.75, 3.05) is 13.7 Å². The highest BCUT2D eigenvalue weighted by Gasteiger charge is 2.21. The van der Waals surface area contributed by atoms with Crippen LogP contribution >= 0.6 is 0 Å². The third-order valence-corrected chi connectivity index (χ3v) is 3.87. The Kier molecular flexibility index (Phi) is 4.84. The number of para-hydroxylation sites is 2. The Morgan fingerprint density at radius 2 is 1.80 bits per heavy atom. The second-order valence-electron chi connectivity index (χ2n) is 5.42. The molecule has 0 spiro atoms.